The molecule has 150 valence electrons. The van der Waals surface area contributed by atoms with Crippen LogP contribution >= 0.6 is 0 Å². The van der Waals surface area contributed by atoms with Gasteiger partial charge in [-0.3, -0.25) is 4.79 Å². The van der Waals surface area contributed by atoms with E-state index in [1.165, 1.54) is 0 Å². The van der Waals surface area contributed by atoms with Gasteiger partial charge < -0.3 is 30.7 Å². The Bertz CT molecular complexity index is 427. The molecule has 1 saturated heterocycles. The molecule has 0 bridgehead atoms. The maximum atomic E-state index is 12.6. The standard InChI is InChI=1S/C17H36BN5O3/c1-6-19-18(20-7-2)15(12-13(3)4)22-16(24)14(5)21-17(25)23-8-10-26-11-9-23/h13-15,19-20H,6-12H2,1-5H3,(H,21,25)(H,22,24)/t14-,15-/m0/s1. The highest BCUT2D eigenvalue weighted by Crippen LogP contribution is 2.07. The Morgan fingerprint density at radius 3 is 2.12 bits per heavy atom. The van der Waals surface area contributed by atoms with Gasteiger partial charge in [0.05, 0.1) is 13.2 Å². The molecule has 9 heteroatoms. The topological polar surface area (TPSA) is 94.7 Å². The van der Waals surface area contributed by atoms with Crippen molar-refractivity contribution in [3.05, 3.63) is 0 Å². The van der Waals surface area contributed by atoms with Crippen molar-refractivity contribution in [1.82, 2.24) is 26.0 Å². The number of rotatable bonds is 10. The van der Waals surface area contributed by atoms with Crippen molar-refractivity contribution in [2.45, 2.75) is 53.0 Å². The normalized spacial score (nSPS) is 16.9. The SMILES string of the molecule is CCNB(NCC)[C@H](CC(C)C)NC(=O)[C@H](C)NC(=O)N1CCOCC1. The summed E-state index contributed by atoms with van der Waals surface area (Å²) in [7, 11) is 0. The number of amides is 3. The fourth-order valence-electron chi connectivity index (χ4n) is 3.00. The molecular weight excluding hydrogens is 333 g/mol. The van der Waals surface area contributed by atoms with Gasteiger partial charge in [0, 0.05) is 19.0 Å². The van der Waals surface area contributed by atoms with Crippen molar-refractivity contribution >= 4 is 18.9 Å². The van der Waals surface area contributed by atoms with E-state index in [0.29, 0.717) is 32.2 Å². The number of ether oxygens (including phenoxy) is 1. The first-order valence-electron chi connectivity index (χ1n) is 9.79. The van der Waals surface area contributed by atoms with Gasteiger partial charge in [0.25, 0.3) is 0 Å². The summed E-state index contributed by atoms with van der Waals surface area (Å²) in [5, 5.41) is 12.7. The summed E-state index contributed by atoms with van der Waals surface area (Å²) < 4.78 is 5.25. The van der Waals surface area contributed by atoms with Crippen molar-refractivity contribution in [2.24, 2.45) is 5.92 Å². The number of morpholine rings is 1. The molecule has 1 aliphatic rings. The number of nitrogens with zero attached hydrogens (tertiary/aromatic N) is 1. The third kappa shape index (κ3) is 7.93. The van der Waals surface area contributed by atoms with Crippen LogP contribution in [0.2, 0.25) is 0 Å². The molecule has 1 aliphatic heterocycles. The van der Waals surface area contributed by atoms with E-state index in [1.807, 2.05) is 13.8 Å². The lowest BCUT2D eigenvalue weighted by Gasteiger charge is -2.30. The van der Waals surface area contributed by atoms with Gasteiger partial charge in [-0.1, -0.05) is 27.7 Å². The Morgan fingerprint density at radius 2 is 1.62 bits per heavy atom. The van der Waals surface area contributed by atoms with E-state index in [0.717, 1.165) is 19.5 Å². The highest BCUT2D eigenvalue weighted by molar-refractivity contribution is 6.55. The maximum Gasteiger partial charge on any atom is 0.328 e. The van der Waals surface area contributed by atoms with Crippen molar-refractivity contribution in [3.8, 4) is 0 Å². The Kier molecular flexibility index (Phi) is 10.6. The fraction of sp³-hybridized carbons (Fsp3) is 0.882. The smallest absolute Gasteiger partial charge is 0.328 e. The van der Waals surface area contributed by atoms with Crippen LogP contribution in [-0.2, 0) is 9.53 Å². The van der Waals surface area contributed by atoms with Crippen LogP contribution in [0.5, 0.6) is 0 Å². The largest absolute Gasteiger partial charge is 0.378 e. The van der Waals surface area contributed by atoms with Crippen LogP contribution in [0.4, 0.5) is 4.79 Å². The molecule has 0 radical (unpaired) electrons. The summed E-state index contributed by atoms with van der Waals surface area (Å²) in [6, 6.07) is -0.810. The van der Waals surface area contributed by atoms with E-state index in [-0.39, 0.29) is 24.9 Å². The second-order valence-electron chi connectivity index (χ2n) is 7.11. The van der Waals surface area contributed by atoms with Gasteiger partial charge in [0.1, 0.15) is 6.04 Å². The van der Waals surface area contributed by atoms with Crippen LogP contribution in [0.1, 0.15) is 41.0 Å². The first kappa shape index (κ1) is 22.7. The molecule has 0 unspecified atom stereocenters. The van der Waals surface area contributed by atoms with Crippen molar-refractivity contribution in [1.29, 1.82) is 0 Å². The molecule has 0 aromatic heterocycles. The Morgan fingerprint density at radius 1 is 1.04 bits per heavy atom. The molecular formula is C17H36BN5O3. The highest BCUT2D eigenvalue weighted by Gasteiger charge is 2.30. The number of carbonyl (C=O) groups is 2. The summed E-state index contributed by atoms with van der Waals surface area (Å²) in [6.45, 7) is 13.9. The zero-order valence-corrected chi connectivity index (χ0v) is 16.9. The van der Waals surface area contributed by atoms with Crippen LogP contribution < -0.4 is 21.1 Å². The summed E-state index contributed by atoms with van der Waals surface area (Å²) in [4.78, 5) is 26.6. The Hall–Kier alpha value is -1.32. The molecule has 2 atom stereocenters. The zero-order valence-electron chi connectivity index (χ0n) is 16.9. The molecule has 26 heavy (non-hydrogen) atoms. The number of nitrogens with one attached hydrogen (secondary N) is 4. The van der Waals surface area contributed by atoms with E-state index in [1.54, 1.807) is 11.8 Å². The lowest BCUT2D eigenvalue weighted by molar-refractivity contribution is -0.122. The van der Waals surface area contributed by atoms with Gasteiger partial charge in [-0.25, -0.2) is 4.79 Å². The van der Waals surface area contributed by atoms with Crippen LogP contribution in [-0.4, -0.2) is 75.2 Å². The minimum absolute atomic E-state index is 0.00139. The van der Waals surface area contributed by atoms with Crippen molar-refractivity contribution in [3.63, 3.8) is 0 Å². The lowest BCUT2D eigenvalue weighted by Crippen LogP contribution is -2.64. The van der Waals surface area contributed by atoms with E-state index >= 15 is 0 Å². The summed E-state index contributed by atoms with van der Waals surface area (Å²) in [6.07, 6.45) is 0.848. The maximum absolute atomic E-state index is 12.6. The van der Waals surface area contributed by atoms with E-state index in [4.69, 9.17) is 4.74 Å². The van der Waals surface area contributed by atoms with Gasteiger partial charge >= 0.3 is 13.0 Å². The zero-order chi connectivity index (χ0) is 19.5. The number of urea groups is 1. The number of carbonyl (C=O) groups excluding carboxylic acids is 2. The van der Waals surface area contributed by atoms with Crippen LogP contribution in [0.15, 0.2) is 0 Å². The van der Waals surface area contributed by atoms with Crippen molar-refractivity contribution < 1.29 is 14.3 Å². The van der Waals surface area contributed by atoms with Crippen LogP contribution in [0, 0.1) is 5.92 Å². The molecule has 8 nitrogen and oxygen atoms in total. The van der Waals surface area contributed by atoms with Gasteiger partial charge in [-0.05, 0) is 32.4 Å². The molecule has 1 heterocycles. The van der Waals surface area contributed by atoms with Crippen molar-refractivity contribution in [2.75, 3.05) is 39.4 Å². The Labute approximate surface area is 158 Å². The lowest BCUT2D eigenvalue weighted by atomic mass is 9.64. The quantitative estimate of drug-likeness (QED) is 0.413. The number of hydrogen-bond acceptors (Lipinski definition) is 5. The fourth-order valence-corrected chi connectivity index (χ4v) is 3.00. The van der Waals surface area contributed by atoms with Gasteiger partial charge in [0.2, 0.25) is 5.91 Å². The second kappa shape index (κ2) is 12.1. The molecule has 0 saturated carbocycles. The van der Waals surface area contributed by atoms with E-state index in [2.05, 4.69) is 34.9 Å². The summed E-state index contributed by atoms with van der Waals surface area (Å²) in [5.41, 5.74) is 0. The molecule has 0 aromatic rings. The molecule has 0 spiro atoms. The monoisotopic (exact) mass is 369 g/mol. The van der Waals surface area contributed by atoms with E-state index in [9.17, 15) is 9.59 Å². The van der Waals surface area contributed by atoms with Gasteiger partial charge in [-0.2, -0.15) is 0 Å². The minimum atomic E-state index is -0.594. The molecule has 1 rings (SSSR count). The Balaban J connectivity index is 2.63. The van der Waals surface area contributed by atoms with Crippen LogP contribution in [0.3, 0.4) is 0 Å². The highest BCUT2D eigenvalue weighted by atomic mass is 16.5. The van der Waals surface area contributed by atoms with Crippen LogP contribution in [0.25, 0.3) is 0 Å². The predicted molar refractivity (Wildman–Crippen MR) is 105 cm³/mol. The predicted octanol–water partition coefficient (Wildman–Crippen LogP) is 0.194. The third-order valence-electron chi connectivity index (χ3n) is 4.33. The average molecular weight is 369 g/mol. The molecule has 3 amide bonds. The average Bonchev–Trinajstić information content (AvgIpc) is 2.61. The van der Waals surface area contributed by atoms with Gasteiger partial charge in [-0.15, -0.1) is 0 Å². The third-order valence-corrected chi connectivity index (χ3v) is 4.33. The number of hydrogen-bond donors (Lipinski definition) is 4. The summed E-state index contributed by atoms with van der Waals surface area (Å²) in [5.74, 6) is 0.224. The molecule has 1 fully saturated rings. The molecule has 0 aromatic carbocycles. The molecule has 4 N–H and O–H groups in total. The first-order chi connectivity index (χ1) is 12.4. The van der Waals surface area contributed by atoms with E-state index < -0.39 is 6.04 Å². The molecule has 0 aliphatic carbocycles. The first-order valence-corrected chi connectivity index (χ1v) is 9.79. The second-order valence-corrected chi connectivity index (χ2v) is 7.11. The minimum Gasteiger partial charge on any atom is -0.378 e. The van der Waals surface area contributed by atoms with Gasteiger partial charge in [0.15, 0.2) is 0 Å². The summed E-state index contributed by atoms with van der Waals surface area (Å²) >= 11 is 0.